The van der Waals surface area contributed by atoms with Gasteiger partial charge < -0.3 is 19.7 Å². The van der Waals surface area contributed by atoms with E-state index in [1.54, 1.807) is 47.9 Å². The number of imidazole rings is 1. The van der Waals surface area contributed by atoms with Crippen LogP contribution in [-0.2, 0) is 9.59 Å². The number of benzene rings is 2. The van der Waals surface area contributed by atoms with E-state index in [4.69, 9.17) is 9.47 Å². The van der Waals surface area contributed by atoms with Gasteiger partial charge in [0.05, 0.1) is 45.7 Å². The lowest BCUT2D eigenvalue weighted by molar-refractivity contribution is -0.132. The number of amides is 1. The fourth-order valence-corrected chi connectivity index (χ4v) is 6.51. The van der Waals surface area contributed by atoms with Gasteiger partial charge in [-0.15, -0.1) is 0 Å². The number of hydrogen-bond donors (Lipinski definition) is 2. The molecule has 1 saturated heterocycles. The van der Waals surface area contributed by atoms with Gasteiger partial charge in [-0.3, -0.25) is 18.9 Å². The van der Waals surface area contributed by atoms with Crippen molar-refractivity contribution in [3.05, 3.63) is 81.7 Å². The van der Waals surface area contributed by atoms with Crippen molar-refractivity contribution in [2.45, 2.75) is 19.9 Å². The van der Waals surface area contributed by atoms with E-state index >= 15 is 0 Å². The van der Waals surface area contributed by atoms with Crippen molar-refractivity contribution in [2.24, 2.45) is 0 Å². The Balaban J connectivity index is 1.61. The van der Waals surface area contributed by atoms with E-state index in [1.807, 2.05) is 19.1 Å². The van der Waals surface area contributed by atoms with Gasteiger partial charge >= 0.3 is 5.91 Å². The summed E-state index contributed by atoms with van der Waals surface area (Å²) in [5.74, 6) is -1.48. The Morgan fingerprint density at radius 3 is 2.71 bits per heavy atom. The molecule has 6 rings (SSSR count). The maximum absolute atomic E-state index is 13.7. The normalized spacial score (nSPS) is 16.7. The molecule has 0 spiro atoms. The lowest BCUT2D eigenvalue weighted by atomic mass is 9.96. The number of Topliss-reactive ketones (excluding diaryl/α,β-unsaturated/α-hetero) is 1. The van der Waals surface area contributed by atoms with E-state index in [2.05, 4.69) is 25.9 Å². The molecule has 1 fully saturated rings. The maximum atomic E-state index is 13.7. The second kappa shape index (κ2) is 10.2. The first-order valence-corrected chi connectivity index (χ1v) is 14.2. The number of fused-ring (bicyclic) bond motifs is 2. The molecule has 4 heterocycles. The lowest BCUT2D eigenvalue weighted by Gasteiger charge is -2.24. The highest BCUT2D eigenvalue weighted by atomic mass is 79.9. The minimum absolute atomic E-state index is 0.122. The van der Waals surface area contributed by atoms with Crippen LogP contribution in [0.1, 0.15) is 29.9 Å². The Kier molecular flexibility index (Phi) is 6.66. The van der Waals surface area contributed by atoms with Gasteiger partial charge in [0.1, 0.15) is 17.1 Å². The number of methoxy groups -OCH3 is 1. The molecule has 1 atom stereocenters. The van der Waals surface area contributed by atoms with E-state index in [1.165, 1.54) is 29.4 Å². The second-order valence-corrected chi connectivity index (χ2v) is 11.1. The number of aromatic hydroxyl groups is 1. The van der Waals surface area contributed by atoms with E-state index in [9.17, 15) is 19.8 Å². The molecule has 1 amide bonds. The van der Waals surface area contributed by atoms with Crippen molar-refractivity contribution in [3.8, 4) is 17.2 Å². The monoisotopic (exact) mass is 634 g/mol. The fraction of sp³-hybridized carbons (Fsp3) is 0.172. The number of anilines is 1. The summed E-state index contributed by atoms with van der Waals surface area (Å²) in [6, 6.07) is 12.8. The Labute approximate surface area is 246 Å². The number of hydrogen-bond acceptors (Lipinski definition) is 9. The predicted octanol–water partition coefficient (Wildman–Crippen LogP) is 5.75. The van der Waals surface area contributed by atoms with Crippen LogP contribution in [0.15, 0.2) is 64.8 Å². The summed E-state index contributed by atoms with van der Waals surface area (Å²) >= 11 is 4.56. The summed E-state index contributed by atoms with van der Waals surface area (Å²) in [6.45, 7) is 4.10. The van der Waals surface area contributed by atoms with Crippen LogP contribution >= 0.6 is 27.3 Å². The summed E-state index contributed by atoms with van der Waals surface area (Å²) in [7, 11) is 1.40. The number of rotatable bonds is 6. The number of aliphatic hydroxyl groups excluding tert-OH is 1. The first-order valence-electron chi connectivity index (χ1n) is 12.6. The number of thiazole rings is 1. The molecule has 0 bridgehead atoms. The Morgan fingerprint density at radius 2 is 1.95 bits per heavy atom. The van der Waals surface area contributed by atoms with Gasteiger partial charge in [0.15, 0.2) is 22.4 Å². The van der Waals surface area contributed by atoms with Crippen molar-refractivity contribution < 1.29 is 29.3 Å². The van der Waals surface area contributed by atoms with Crippen LogP contribution < -0.4 is 14.4 Å². The Bertz CT molecular complexity index is 1910. The number of aryl methyl sites for hydroxylation is 1. The summed E-state index contributed by atoms with van der Waals surface area (Å²) in [6.07, 6.45) is 1.72. The largest absolute Gasteiger partial charge is 0.505 e. The van der Waals surface area contributed by atoms with Gasteiger partial charge in [-0.25, -0.2) is 9.97 Å². The number of phenolic OH excluding ortho intramolecular Hbond substituents is 1. The van der Waals surface area contributed by atoms with E-state index in [0.29, 0.717) is 40.5 Å². The van der Waals surface area contributed by atoms with Crippen molar-refractivity contribution in [1.29, 1.82) is 0 Å². The van der Waals surface area contributed by atoms with Crippen LogP contribution in [0.5, 0.6) is 17.2 Å². The number of nitrogens with zero attached hydrogens (tertiary/aromatic N) is 4. The maximum Gasteiger partial charge on any atom is 0.301 e. The third kappa shape index (κ3) is 4.30. The Morgan fingerprint density at radius 1 is 1.15 bits per heavy atom. The molecule has 208 valence electrons. The van der Waals surface area contributed by atoms with Crippen molar-refractivity contribution in [1.82, 2.24) is 14.4 Å². The third-order valence-electron chi connectivity index (χ3n) is 6.83. The van der Waals surface area contributed by atoms with E-state index < -0.39 is 17.7 Å². The second-order valence-electron chi connectivity index (χ2n) is 9.26. The summed E-state index contributed by atoms with van der Waals surface area (Å²) in [5, 5.41) is 22.5. The molecule has 1 aliphatic rings. The smallest absolute Gasteiger partial charge is 0.301 e. The molecule has 1 aliphatic heterocycles. The highest BCUT2D eigenvalue weighted by molar-refractivity contribution is 9.10. The van der Waals surface area contributed by atoms with Crippen LogP contribution in [0.2, 0.25) is 0 Å². The van der Waals surface area contributed by atoms with Gasteiger partial charge in [0.2, 0.25) is 0 Å². The predicted molar refractivity (Wildman–Crippen MR) is 158 cm³/mol. The average Bonchev–Trinajstić information content (AvgIpc) is 3.60. The first-order chi connectivity index (χ1) is 19.7. The molecule has 0 aliphatic carbocycles. The Hall–Kier alpha value is -4.42. The van der Waals surface area contributed by atoms with Gasteiger partial charge in [0.25, 0.3) is 5.78 Å². The lowest BCUT2D eigenvalue weighted by Crippen LogP contribution is -2.29. The quantitative estimate of drug-likeness (QED) is 0.137. The SMILES string of the molecule is CCOc1ccc2nc(N3C(=O)C(=O)C(=C(O)c4c(C)nc5ccccn45)C3c3cc(Br)c(O)c(OC)c3)sc2c1. The van der Waals surface area contributed by atoms with Crippen LogP contribution in [0.3, 0.4) is 0 Å². The average molecular weight is 635 g/mol. The van der Waals surface area contributed by atoms with Crippen LogP contribution in [-0.4, -0.2) is 50.0 Å². The van der Waals surface area contributed by atoms with Crippen molar-refractivity contribution in [2.75, 3.05) is 18.6 Å². The summed E-state index contributed by atoms with van der Waals surface area (Å²) in [4.78, 5) is 37.9. The standard InChI is InChI=1S/C29H23BrN4O6S/c1-4-40-16-8-9-18-20(13-16)41-29(32-18)34-24(15-11-17(30)25(35)19(12-15)39-3)22(27(37)28(34)38)26(36)23-14(2)31-21-7-5-6-10-33(21)23/h5-13,24,35-36H,4H2,1-3H3. The minimum atomic E-state index is -1.10. The molecular formula is C29H23BrN4O6S. The minimum Gasteiger partial charge on any atom is -0.505 e. The van der Waals surface area contributed by atoms with E-state index in [0.717, 1.165) is 4.70 Å². The van der Waals surface area contributed by atoms with Crippen LogP contribution in [0, 0.1) is 6.92 Å². The van der Waals surface area contributed by atoms with Gasteiger partial charge in [-0.1, -0.05) is 17.4 Å². The highest BCUT2D eigenvalue weighted by Crippen LogP contribution is 2.47. The van der Waals surface area contributed by atoms with Gasteiger partial charge in [-0.2, -0.15) is 0 Å². The molecule has 5 aromatic rings. The zero-order chi connectivity index (χ0) is 29.0. The molecule has 0 saturated carbocycles. The number of ketones is 1. The number of pyridine rings is 1. The number of aliphatic hydroxyl groups is 1. The highest BCUT2D eigenvalue weighted by Gasteiger charge is 2.49. The summed E-state index contributed by atoms with van der Waals surface area (Å²) < 4.78 is 13.7. The molecular weight excluding hydrogens is 612 g/mol. The number of carbonyl (C=O) groups is 2. The van der Waals surface area contributed by atoms with Crippen LogP contribution in [0.4, 0.5) is 5.13 Å². The number of aromatic nitrogens is 3. The van der Waals surface area contributed by atoms with Crippen molar-refractivity contribution >= 4 is 65.7 Å². The number of phenols is 1. The van der Waals surface area contributed by atoms with Gasteiger partial charge in [0, 0.05) is 6.20 Å². The molecule has 10 nitrogen and oxygen atoms in total. The molecule has 2 N–H and O–H groups in total. The van der Waals surface area contributed by atoms with Gasteiger partial charge in [-0.05, 0) is 77.8 Å². The molecule has 41 heavy (non-hydrogen) atoms. The fourth-order valence-electron chi connectivity index (χ4n) is 5.03. The zero-order valence-electron chi connectivity index (χ0n) is 22.1. The third-order valence-corrected chi connectivity index (χ3v) is 8.45. The van der Waals surface area contributed by atoms with Crippen molar-refractivity contribution in [3.63, 3.8) is 0 Å². The van der Waals surface area contributed by atoms with E-state index in [-0.39, 0.29) is 32.4 Å². The number of ether oxygens (including phenoxy) is 2. The topological polar surface area (TPSA) is 126 Å². The first kappa shape index (κ1) is 26.8. The summed E-state index contributed by atoms with van der Waals surface area (Å²) in [5.41, 5.74) is 2.23. The zero-order valence-corrected chi connectivity index (χ0v) is 24.5. The molecule has 1 unspecified atom stereocenters. The molecule has 12 heteroatoms. The molecule has 2 aromatic carbocycles. The number of carbonyl (C=O) groups excluding carboxylic acids is 2. The van der Waals surface area contributed by atoms with Crippen LogP contribution in [0.25, 0.3) is 21.6 Å². The molecule has 0 radical (unpaired) electrons. The number of halogens is 1. The molecule has 3 aromatic heterocycles.